The van der Waals surface area contributed by atoms with E-state index in [9.17, 15) is 9.90 Å². The number of morpholine rings is 1. The van der Waals surface area contributed by atoms with Crippen molar-refractivity contribution in [3.05, 3.63) is 29.8 Å². The number of nitrogens with zero attached hydrogens (tertiary/aromatic N) is 1. The maximum atomic E-state index is 10.8. The van der Waals surface area contributed by atoms with Crippen LogP contribution in [-0.4, -0.2) is 46.9 Å². The molecule has 1 fully saturated rings. The smallest absolute Gasteiger partial charge is 0.306 e. The number of aliphatic carboxylic acids is 1. The molecule has 2 atom stereocenters. The van der Waals surface area contributed by atoms with E-state index in [4.69, 9.17) is 9.84 Å². The molecule has 2 unspecified atom stereocenters. The summed E-state index contributed by atoms with van der Waals surface area (Å²) in [4.78, 5) is 13.0. The fourth-order valence-electron chi connectivity index (χ4n) is 2.79. The van der Waals surface area contributed by atoms with Gasteiger partial charge < -0.3 is 14.9 Å². The van der Waals surface area contributed by atoms with Crippen LogP contribution in [0.5, 0.6) is 5.75 Å². The molecule has 1 saturated heterocycles. The van der Waals surface area contributed by atoms with Crippen molar-refractivity contribution in [2.75, 3.05) is 19.7 Å². The maximum Gasteiger partial charge on any atom is 0.306 e. The summed E-state index contributed by atoms with van der Waals surface area (Å²) in [5.74, 6) is -0.548. The Labute approximate surface area is 118 Å². The van der Waals surface area contributed by atoms with Gasteiger partial charge in [0.05, 0.1) is 19.1 Å². The Bertz CT molecular complexity index is 463. The highest BCUT2D eigenvalue weighted by Crippen LogP contribution is 2.32. The number of phenols is 1. The van der Waals surface area contributed by atoms with Gasteiger partial charge in [0.2, 0.25) is 0 Å². The van der Waals surface area contributed by atoms with Crippen molar-refractivity contribution in [1.29, 1.82) is 0 Å². The quantitative estimate of drug-likeness (QED) is 0.863. The van der Waals surface area contributed by atoms with E-state index in [1.54, 1.807) is 12.1 Å². The molecule has 0 amide bonds. The average Bonchev–Trinajstić information content (AvgIpc) is 2.41. The minimum Gasteiger partial charge on any atom is -0.508 e. The van der Waals surface area contributed by atoms with Crippen LogP contribution in [0.1, 0.15) is 31.4 Å². The first kappa shape index (κ1) is 14.8. The molecule has 20 heavy (non-hydrogen) atoms. The number of benzene rings is 1. The summed E-state index contributed by atoms with van der Waals surface area (Å²) in [5, 5.41) is 18.9. The standard InChI is InChI=1S/C15H21NO4/c1-2-13(12-5-3-4-6-14(12)17)16-7-8-20-11(10-16)9-15(18)19/h3-6,11,13,17H,2,7-10H2,1H3,(H,18,19). The van der Waals surface area contributed by atoms with Crippen LogP contribution in [-0.2, 0) is 9.53 Å². The van der Waals surface area contributed by atoms with Gasteiger partial charge in [-0.25, -0.2) is 0 Å². The first-order chi connectivity index (χ1) is 9.61. The Kier molecular flexibility index (Phi) is 4.98. The van der Waals surface area contributed by atoms with Crippen molar-refractivity contribution in [2.45, 2.75) is 31.9 Å². The molecular weight excluding hydrogens is 258 g/mol. The summed E-state index contributed by atoms with van der Waals surface area (Å²) in [6.07, 6.45) is 0.603. The van der Waals surface area contributed by atoms with E-state index >= 15 is 0 Å². The van der Waals surface area contributed by atoms with Crippen LogP contribution < -0.4 is 0 Å². The van der Waals surface area contributed by atoms with Gasteiger partial charge in [0, 0.05) is 24.7 Å². The predicted molar refractivity (Wildman–Crippen MR) is 74.7 cm³/mol. The molecule has 0 aliphatic carbocycles. The Balaban J connectivity index is 2.11. The summed E-state index contributed by atoms with van der Waals surface area (Å²) in [5.41, 5.74) is 0.894. The van der Waals surface area contributed by atoms with Gasteiger partial charge in [-0.15, -0.1) is 0 Å². The van der Waals surface area contributed by atoms with Crippen LogP contribution in [0.25, 0.3) is 0 Å². The molecule has 0 bridgehead atoms. The number of hydrogen-bond acceptors (Lipinski definition) is 4. The van der Waals surface area contributed by atoms with E-state index in [0.29, 0.717) is 18.9 Å². The maximum absolute atomic E-state index is 10.8. The van der Waals surface area contributed by atoms with Crippen molar-refractivity contribution in [1.82, 2.24) is 4.90 Å². The summed E-state index contributed by atoms with van der Waals surface area (Å²) >= 11 is 0. The van der Waals surface area contributed by atoms with Gasteiger partial charge in [-0.2, -0.15) is 0 Å². The number of phenolic OH excluding ortho intramolecular Hbond substituents is 1. The SMILES string of the molecule is CCC(c1ccccc1O)N1CCOC(CC(=O)O)C1. The van der Waals surface area contributed by atoms with Crippen LogP contribution in [0.4, 0.5) is 0 Å². The van der Waals surface area contributed by atoms with E-state index < -0.39 is 5.97 Å². The van der Waals surface area contributed by atoms with Crippen LogP contribution in [0.3, 0.4) is 0 Å². The van der Waals surface area contributed by atoms with Crippen LogP contribution in [0.2, 0.25) is 0 Å². The van der Waals surface area contributed by atoms with Gasteiger partial charge in [-0.3, -0.25) is 9.69 Å². The number of rotatable bonds is 5. The second-order valence-corrected chi connectivity index (χ2v) is 5.07. The largest absolute Gasteiger partial charge is 0.508 e. The van der Waals surface area contributed by atoms with Crippen molar-refractivity contribution in [2.24, 2.45) is 0 Å². The molecule has 0 spiro atoms. The number of carboxylic acids is 1. The molecule has 110 valence electrons. The van der Waals surface area contributed by atoms with E-state index in [1.165, 1.54) is 0 Å². The summed E-state index contributed by atoms with van der Waals surface area (Å²) in [7, 11) is 0. The molecule has 5 nitrogen and oxygen atoms in total. The molecular formula is C15H21NO4. The molecule has 1 aliphatic rings. The Morgan fingerprint density at radius 2 is 2.25 bits per heavy atom. The van der Waals surface area contributed by atoms with Crippen LogP contribution >= 0.6 is 0 Å². The molecule has 0 radical (unpaired) electrons. The molecule has 1 heterocycles. The molecule has 2 N–H and O–H groups in total. The van der Waals surface area contributed by atoms with Crippen LogP contribution in [0.15, 0.2) is 24.3 Å². The van der Waals surface area contributed by atoms with Gasteiger partial charge in [0.1, 0.15) is 5.75 Å². The van der Waals surface area contributed by atoms with Gasteiger partial charge >= 0.3 is 5.97 Å². The molecule has 0 saturated carbocycles. The normalized spacial score (nSPS) is 21.6. The second-order valence-electron chi connectivity index (χ2n) is 5.07. The van der Waals surface area contributed by atoms with Crippen molar-refractivity contribution in [3.8, 4) is 5.75 Å². The molecule has 1 aromatic carbocycles. The van der Waals surface area contributed by atoms with Crippen molar-refractivity contribution < 1.29 is 19.7 Å². The summed E-state index contributed by atoms with van der Waals surface area (Å²) in [6, 6.07) is 7.42. The molecule has 1 aliphatic heterocycles. The fraction of sp³-hybridized carbons (Fsp3) is 0.533. The minimum atomic E-state index is -0.840. The third-order valence-corrected chi connectivity index (χ3v) is 3.70. The van der Waals surface area contributed by atoms with Crippen molar-refractivity contribution >= 4 is 5.97 Å². The molecule has 0 aromatic heterocycles. The summed E-state index contributed by atoms with van der Waals surface area (Å²) in [6.45, 7) is 3.93. The predicted octanol–water partition coefficient (Wildman–Crippen LogP) is 2.02. The molecule has 1 aromatic rings. The van der Waals surface area contributed by atoms with Gasteiger partial charge in [-0.05, 0) is 12.5 Å². The number of para-hydroxylation sites is 1. The number of carbonyl (C=O) groups is 1. The third kappa shape index (κ3) is 3.49. The van der Waals surface area contributed by atoms with Gasteiger partial charge in [0.15, 0.2) is 0 Å². The number of hydrogen-bond donors (Lipinski definition) is 2. The van der Waals surface area contributed by atoms with Gasteiger partial charge in [0.25, 0.3) is 0 Å². The number of aromatic hydroxyl groups is 1. The highest BCUT2D eigenvalue weighted by Gasteiger charge is 2.28. The van der Waals surface area contributed by atoms with E-state index in [-0.39, 0.29) is 18.6 Å². The second kappa shape index (κ2) is 6.72. The third-order valence-electron chi connectivity index (χ3n) is 3.70. The van der Waals surface area contributed by atoms with E-state index in [1.807, 2.05) is 12.1 Å². The first-order valence-corrected chi connectivity index (χ1v) is 6.97. The highest BCUT2D eigenvalue weighted by molar-refractivity contribution is 5.67. The zero-order valence-electron chi connectivity index (χ0n) is 11.7. The zero-order valence-corrected chi connectivity index (χ0v) is 11.7. The lowest BCUT2D eigenvalue weighted by Crippen LogP contribution is -2.44. The van der Waals surface area contributed by atoms with E-state index in [2.05, 4.69) is 11.8 Å². The first-order valence-electron chi connectivity index (χ1n) is 6.97. The van der Waals surface area contributed by atoms with Gasteiger partial charge in [-0.1, -0.05) is 25.1 Å². The average molecular weight is 279 g/mol. The topological polar surface area (TPSA) is 70.0 Å². The lowest BCUT2D eigenvalue weighted by molar-refractivity contribution is -0.142. The lowest BCUT2D eigenvalue weighted by Gasteiger charge is -2.38. The zero-order chi connectivity index (χ0) is 14.5. The monoisotopic (exact) mass is 279 g/mol. The number of ether oxygens (including phenoxy) is 1. The Morgan fingerprint density at radius 1 is 1.50 bits per heavy atom. The summed E-state index contributed by atoms with van der Waals surface area (Å²) < 4.78 is 5.49. The fourth-order valence-corrected chi connectivity index (χ4v) is 2.79. The molecule has 2 rings (SSSR count). The minimum absolute atomic E-state index is 0.0215. The molecule has 5 heteroatoms. The van der Waals surface area contributed by atoms with Crippen LogP contribution in [0, 0.1) is 0 Å². The lowest BCUT2D eigenvalue weighted by atomic mass is 10.00. The Hall–Kier alpha value is -1.59. The van der Waals surface area contributed by atoms with Crippen molar-refractivity contribution in [3.63, 3.8) is 0 Å². The Morgan fingerprint density at radius 3 is 2.90 bits per heavy atom. The highest BCUT2D eigenvalue weighted by atomic mass is 16.5. The number of carboxylic acid groups (broad SMARTS) is 1. The van der Waals surface area contributed by atoms with E-state index in [0.717, 1.165) is 18.5 Å².